The number of thiazole rings is 1. The number of rotatable bonds is 7. The Bertz CT molecular complexity index is 777. The molecule has 0 radical (unpaired) electrons. The Morgan fingerprint density at radius 3 is 2.64 bits per heavy atom. The lowest BCUT2D eigenvalue weighted by Crippen LogP contribution is -2.51. The van der Waals surface area contributed by atoms with Gasteiger partial charge < -0.3 is 16.0 Å². The van der Waals surface area contributed by atoms with E-state index in [4.69, 9.17) is 0 Å². The minimum atomic E-state index is -0.790. The maximum absolute atomic E-state index is 12.8. The SMILES string of the molecule is Cc1ncsc1C(=O)N[C@@H](CC(C)(C)C)C(=O)N[C@H](C#N)C[C@@H]1CCNC1=O. The standard InChI is InChI=1S/C19H27N5O3S/c1-11-15(28-10-22-11)18(27)24-14(8-19(2,3)4)17(26)23-13(9-20)7-12-5-6-21-16(12)25/h10,12-14H,5-8H2,1-4H3,(H,21,25)(H,23,26)(H,24,27)/t12-,13-,14-/m0/s1. The first kappa shape index (κ1) is 21.8. The molecule has 3 N–H and O–H groups in total. The van der Waals surface area contributed by atoms with E-state index in [1.165, 1.54) is 11.3 Å². The van der Waals surface area contributed by atoms with Crippen molar-refractivity contribution in [2.24, 2.45) is 11.3 Å². The van der Waals surface area contributed by atoms with Crippen LogP contribution in [0.5, 0.6) is 0 Å². The minimum Gasteiger partial charge on any atom is -0.356 e. The molecule has 0 bridgehead atoms. The molecule has 1 fully saturated rings. The molecule has 1 aliphatic rings. The number of nitrogens with zero attached hydrogens (tertiary/aromatic N) is 2. The molecular weight excluding hydrogens is 378 g/mol. The van der Waals surface area contributed by atoms with Crippen LogP contribution in [0.2, 0.25) is 0 Å². The van der Waals surface area contributed by atoms with Crippen molar-refractivity contribution in [3.63, 3.8) is 0 Å². The smallest absolute Gasteiger partial charge is 0.263 e. The van der Waals surface area contributed by atoms with Crippen molar-refractivity contribution in [2.45, 2.75) is 59.0 Å². The molecule has 28 heavy (non-hydrogen) atoms. The van der Waals surface area contributed by atoms with Gasteiger partial charge in [-0.15, -0.1) is 11.3 Å². The highest BCUT2D eigenvalue weighted by Gasteiger charge is 2.32. The van der Waals surface area contributed by atoms with E-state index in [0.29, 0.717) is 30.0 Å². The van der Waals surface area contributed by atoms with Crippen LogP contribution in [0.15, 0.2) is 5.51 Å². The highest BCUT2D eigenvalue weighted by molar-refractivity contribution is 7.11. The molecule has 9 heteroatoms. The normalized spacial score (nSPS) is 18.7. The van der Waals surface area contributed by atoms with Crippen LogP contribution in [-0.4, -0.2) is 41.3 Å². The maximum Gasteiger partial charge on any atom is 0.263 e. The number of nitriles is 1. The summed E-state index contributed by atoms with van der Waals surface area (Å²) in [5.41, 5.74) is 1.98. The number of hydrogen-bond acceptors (Lipinski definition) is 6. The van der Waals surface area contributed by atoms with Crippen molar-refractivity contribution in [2.75, 3.05) is 6.54 Å². The molecule has 1 aromatic rings. The highest BCUT2D eigenvalue weighted by atomic mass is 32.1. The molecule has 2 rings (SSSR count). The van der Waals surface area contributed by atoms with Crippen molar-refractivity contribution in [1.82, 2.24) is 20.9 Å². The van der Waals surface area contributed by atoms with Crippen LogP contribution in [0.4, 0.5) is 0 Å². The Balaban J connectivity index is 2.07. The molecular formula is C19H27N5O3S. The molecule has 8 nitrogen and oxygen atoms in total. The summed E-state index contributed by atoms with van der Waals surface area (Å²) in [5.74, 6) is -1.14. The molecule has 0 spiro atoms. The lowest BCUT2D eigenvalue weighted by molar-refractivity contribution is -0.125. The lowest BCUT2D eigenvalue weighted by Gasteiger charge is -2.27. The highest BCUT2D eigenvalue weighted by Crippen LogP contribution is 2.22. The second kappa shape index (κ2) is 9.15. The summed E-state index contributed by atoms with van der Waals surface area (Å²) in [6.07, 6.45) is 1.32. The Morgan fingerprint density at radius 2 is 2.14 bits per heavy atom. The fourth-order valence-electron chi connectivity index (χ4n) is 3.14. The Morgan fingerprint density at radius 1 is 1.43 bits per heavy atom. The molecule has 1 saturated heterocycles. The third kappa shape index (κ3) is 6.02. The average molecular weight is 406 g/mol. The second-order valence-corrected chi connectivity index (χ2v) is 9.12. The van der Waals surface area contributed by atoms with E-state index >= 15 is 0 Å². The monoisotopic (exact) mass is 405 g/mol. The number of carbonyl (C=O) groups excluding carboxylic acids is 3. The average Bonchev–Trinajstić information content (AvgIpc) is 3.20. The first-order chi connectivity index (χ1) is 13.1. The van der Waals surface area contributed by atoms with Crippen molar-refractivity contribution in [3.05, 3.63) is 16.1 Å². The third-order valence-corrected chi connectivity index (χ3v) is 5.47. The number of aryl methyl sites for hydroxylation is 1. The first-order valence-electron chi connectivity index (χ1n) is 9.29. The summed E-state index contributed by atoms with van der Waals surface area (Å²) in [7, 11) is 0. The number of aromatic nitrogens is 1. The van der Waals surface area contributed by atoms with Crippen molar-refractivity contribution < 1.29 is 14.4 Å². The van der Waals surface area contributed by atoms with E-state index in [9.17, 15) is 19.6 Å². The van der Waals surface area contributed by atoms with Gasteiger partial charge in [0, 0.05) is 12.5 Å². The number of hydrogen-bond donors (Lipinski definition) is 3. The zero-order valence-electron chi connectivity index (χ0n) is 16.7. The Hall–Kier alpha value is -2.47. The fourth-order valence-corrected chi connectivity index (χ4v) is 3.84. The largest absolute Gasteiger partial charge is 0.356 e. The van der Waals surface area contributed by atoms with E-state index in [1.807, 2.05) is 20.8 Å². The lowest BCUT2D eigenvalue weighted by atomic mass is 9.87. The summed E-state index contributed by atoms with van der Waals surface area (Å²) in [5, 5.41) is 17.6. The Labute approximate surface area is 169 Å². The van der Waals surface area contributed by atoms with Gasteiger partial charge in [-0.3, -0.25) is 14.4 Å². The Kier molecular flexibility index (Phi) is 7.13. The van der Waals surface area contributed by atoms with Crippen molar-refractivity contribution in [3.8, 4) is 6.07 Å². The van der Waals surface area contributed by atoms with Gasteiger partial charge in [-0.25, -0.2) is 4.98 Å². The molecule has 1 aliphatic heterocycles. The van der Waals surface area contributed by atoms with Gasteiger partial charge in [0.15, 0.2) is 0 Å². The summed E-state index contributed by atoms with van der Waals surface area (Å²) >= 11 is 1.22. The van der Waals surface area contributed by atoms with Crippen LogP contribution < -0.4 is 16.0 Å². The van der Waals surface area contributed by atoms with Crippen LogP contribution in [0.25, 0.3) is 0 Å². The van der Waals surface area contributed by atoms with Gasteiger partial charge in [-0.05, 0) is 31.6 Å². The fraction of sp³-hybridized carbons (Fsp3) is 0.632. The molecule has 1 aromatic heterocycles. The van der Waals surface area contributed by atoms with Gasteiger partial charge in [-0.1, -0.05) is 20.8 Å². The van der Waals surface area contributed by atoms with E-state index < -0.39 is 18.0 Å². The van der Waals surface area contributed by atoms with E-state index in [1.54, 1.807) is 12.4 Å². The molecule has 0 saturated carbocycles. The van der Waals surface area contributed by atoms with Crippen LogP contribution in [0, 0.1) is 29.6 Å². The van der Waals surface area contributed by atoms with E-state index in [2.05, 4.69) is 27.0 Å². The molecule has 3 amide bonds. The van der Waals surface area contributed by atoms with Crippen LogP contribution in [0.1, 0.15) is 55.4 Å². The number of amides is 3. The van der Waals surface area contributed by atoms with Crippen LogP contribution in [0.3, 0.4) is 0 Å². The maximum atomic E-state index is 12.8. The van der Waals surface area contributed by atoms with Crippen molar-refractivity contribution in [1.29, 1.82) is 5.26 Å². The summed E-state index contributed by atoms with van der Waals surface area (Å²) in [6, 6.07) is 0.480. The summed E-state index contributed by atoms with van der Waals surface area (Å²) < 4.78 is 0. The summed E-state index contributed by atoms with van der Waals surface area (Å²) in [6.45, 7) is 8.25. The molecule has 152 valence electrons. The summed E-state index contributed by atoms with van der Waals surface area (Å²) in [4.78, 5) is 41.7. The van der Waals surface area contributed by atoms with Gasteiger partial charge >= 0.3 is 0 Å². The van der Waals surface area contributed by atoms with Crippen LogP contribution in [-0.2, 0) is 9.59 Å². The quantitative estimate of drug-likeness (QED) is 0.634. The second-order valence-electron chi connectivity index (χ2n) is 8.26. The zero-order valence-corrected chi connectivity index (χ0v) is 17.5. The number of nitrogens with one attached hydrogen (secondary N) is 3. The van der Waals surface area contributed by atoms with E-state index in [-0.39, 0.29) is 29.6 Å². The van der Waals surface area contributed by atoms with Crippen molar-refractivity contribution >= 4 is 29.1 Å². The minimum absolute atomic E-state index is 0.0882. The van der Waals surface area contributed by atoms with Crippen LogP contribution >= 0.6 is 11.3 Å². The van der Waals surface area contributed by atoms with Gasteiger partial charge in [-0.2, -0.15) is 5.26 Å². The molecule has 2 heterocycles. The van der Waals surface area contributed by atoms with Gasteiger partial charge in [0.2, 0.25) is 11.8 Å². The van der Waals surface area contributed by atoms with Gasteiger partial charge in [0.25, 0.3) is 5.91 Å². The topological polar surface area (TPSA) is 124 Å². The predicted molar refractivity (Wildman–Crippen MR) is 105 cm³/mol. The van der Waals surface area contributed by atoms with Gasteiger partial charge in [0.1, 0.15) is 17.0 Å². The molecule has 0 aromatic carbocycles. The molecule has 3 atom stereocenters. The molecule has 0 unspecified atom stereocenters. The molecule has 0 aliphatic carbocycles. The first-order valence-corrected chi connectivity index (χ1v) is 10.2. The van der Waals surface area contributed by atoms with Gasteiger partial charge in [0.05, 0.1) is 17.3 Å². The van der Waals surface area contributed by atoms with E-state index in [0.717, 1.165) is 0 Å². The zero-order chi connectivity index (χ0) is 20.9. The predicted octanol–water partition coefficient (Wildman–Crippen LogP) is 1.52. The third-order valence-electron chi connectivity index (χ3n) is 4.55. The number of carbonyl (C=O) groups is 3.